The molecule has 1 heterocycles. The summed E-state index contributed by atoms with van der Waals surface area (Å²) in [4.78, 5) is 1.57. The fourth-order valence-electron chi connectivity index (χ4n) is 2.10. The molecule has 1 saturated heterocycles. The molecule has 108 valence electrons. The van der Waals surface area contributed by atoms with Crippen LogP contribution in [0.2, 0.25) is 5.02 Å². The van der Waals surface area contributed by atoms with Crippen LogP contribution < -0.4 is 10.0 Å². The number of likely N-dealkylation sites (tertiary alicyclic amines) is 1. The molecule has 1 aliphatic heterocycles. The van der Waals surface area contributed by atoms with Gasteiger partial charge in [0, 0.05) is 31.9 Å². The van der Waals surface area contributed by atoms with Crippen molar-refractivity contribution in [3.8, 4) is 6.19 Å². The molecule has 2 N–H and O–H groups in total. The summed E-state index contributed by atoms with van der Waals surface area (Å²) in [5, 5.41) is 11.8. The van der Waals surface area contributed by atoms with E-state index in [4.69, 9.17) is 16.9 Å². The third-order valence-corrected chi connectivity index (χ3v) is 5.16. The summed E-state index contributed by atoms with van der Waals surface area (Å²) in [5.74, 6) is 0. The minimum Gasteiger partial charge on any atom is -0.388 e. The van der Waals surface area contributed by atoms with Gasteiger partial charge in [-0.1, -0.05) is 11.6 Å². The van der Waals surface area contributed by atoms with Crippen molar-refractivity contribution in [1.82, 2.24) is 9.62 Å². The van der Waals surface area contributed by atoms with Crippen LogP contribution in [0, 0.1) is 11.5 Å². The number of halogens is 1. The van der Waals surface area contributed by atoms with Crippen LogP contribution in [0.15, 0.2) is 23.1 Å². The third kappa shape index (κ3) is 3.15. The highest BCUT2D eigenvalue weighted by molar-refractivity contribution is 7.89. The van der Waals surface area contributed by atoms with Gasteiger partial charge in [0.15, 0.2) is 6.19 Å². The highest BCUT2D eigenvalue weighted by atomic mass is 35.5. The molecule has 0 radical (unpaired) electrons. The molecule has 8 heteroatoms. The third-order valence-electron chi connectivity index (χ3n) is 3.16. The Hall–Kier alpha value is -1.49. The van der Waals surface area contributed by atoms with Crippen LogP contribution in [0.3, 0.4) is 0 Å². The standard InChI is InChI=1S/C12H15ClN4O2S/c1-15-9-2-3-11(13)12(6-9)20(18,19)16-10-4-5-17(7-10)8-14/h2-3,6,10,15-16H,4-5,7H2,1H3. The molecule has 0 amide bonds. The average Bonchev–Trinajstić information content (AvgIpc) is 2.86. The number of hydrogen-bond donors (Lipinski definition) is 2. The molecule has 1 atom stereocenters. The maximum absolute atomic E-state index is 12.3. The van der Waals surface area contributed by atoms with E-state index < -0.39 is 10.0 Å². The quantitative estimate of drug-likeness (QED) is 0.816. The lowest BCUT2D eigenvalue weighted by atomic mass is 10.3. The zero-order valence-electron chi connectivity index (χ0n) is 10.9. The van der Waals surface area contributed by atoms with E-state index in [2.05, 4.69) is 10.0 Å². The van der Waals surface area contributed by atoms with Crippen LogP contribution in [-0.4, -0.2) is 39.5 Å². The Morgan fingerprint density at radius 2 is 2.25 bits per heavy atom. The van der Waals surface area contributed by atoms with E-state index in [1.54, 1.807) is 13.1 Å². The van der Waals surface area contributed by atoms with Gasteiger partial charge >= 0.3 is 0 Å². The Kier molecular flexibility index (Phi) is 4.38. The van der Waals surface area contributed by atoms with Crippen LogP contribution in [0.4, 0.5) is 5.69 Å². The largest absolute Gasteiger partial charge is 0.388 e. The molecule has 0 bridgehead atoms. The van der Waals surface area contributed by atoms with Crippen LogP contribution in [0.5, 0.6) is 0 Å². The number of nitriles is 1. The Morgan fingerprint density at radius 3 is 2.85 bits per heavy atom. The fraction of sp³-hybridized carbons (Fsp3) is 0.417. The predicted octanol–water partition coefficient (Wildman–Crippen LogP) is 1.22. The number of rotatable bonds is 4. The molecular weight excluding hydrogens is 300 g/mol. The van der Waals surface area contributed by atoms with Gasteiger partial charge in [-0.2, -0.15) is 5.26 Å². The van der Waals surface area contributed by atoms with E-state index >= 15 is 0 Å². The number of nitrogens with one attached hydrogen (secondary N) is 2. The Morgan fingerprint density at radius 1 is 1.50 bits per heavy atom. The molecule has 2 rings (SSSR count). The normalized spacial score (nSPS) is 18.9. The van der Waals surface area contributed by atoms with Crippen LogP contribution in [-0.2, 0) is 10.0 Å². The molecule has 0 aromatic heterocycles. The second-order valence-corrected chi connectivity index (χ2v) is 6.64. The fourth-order valence-corrected chi connectivity index (χ4v) is 3.88. The van der Waals surface area contributed by atoms with Gasteiger partial charge in [0.2, 0.25) is 10.0 Å². The highest BCUT2D eigenvalue weighted by Gasteiger charge is 2.28. The first-order valence-corrected chi connectivity index (χ1v) is 7.96. The number of nitrogens with zero attached hydrogens (tertiary/aromatic N) is 2. The zero-order chi connectivity index (χ0) is 14.8. The van der Waals surface area contributed by atoms with Crippen molar-refractivity contribution < 1.29 is 8.42 Å². The Balaban J connectivity index is 2.21. The van der Waals surface area contributed by atoms with Gasteiger partial charge in [0.25, 0.3) is 0 Å². The predicted molar refractivity (Wildman–Crippen MR) is 76.9 cm³/mol. The second-order valence-electron chi connectivity index (χ2n) is 4.55. The molecule has 1 aromatic carbocycles. The van der Waals surface area contributed by atoms with Crippen LogP contribution in [0.25, 0.3) is 0 Å². The molecule has 0 aliphatic carbocycles. The Labute approximate surface area is 123 Å². The van der Waals surface area contributed by atoms with Crippen molar-refractivity contribution >= 4 is 27.3 Å². The summed E-state index contributed by atoms with van der Waals surface area (Å²) >= 11 is 5.97. The van der Waals surface area contributed by atoms with Crippen molar-refractivity contribution in [3.05, 3.63) is 23.2 Å². The highest BCUT2D eigenvalue weighted by Crippen LogP contribution is 2.25. The first-order chi connectivity index (χ1) is 9.46. The molecule has 1 fully saturated rings. The summed E-state index contributed by atoms with van der Waals surface area (Å²) in [5.41, 5.74) is 0.667. The number of hydrogen-bond acceptors (Lipinski definition) is 5. The lowest BCUT2D eigenvalue weighted by Gasteiger charge is -2.14. The molecule has 6 nitrogen and oxygen atoms in total. The summed E-state index contributed by atoms with van der Waals surface area (Å²) in [6.45, 7) is 0.951. The summed E-state index contributed by atoms with van der Waals surface area (Å²) < 4.78 is 27.3. The maximum Gasteiger partial charge on any atom is 0.242 e. The molecule has 1 unspecified atom stereocenters. The average molecular weight is 315 g/mol. The smallest absolute Gasteiger partial charge is 0.242 e. The summed E-state index contributed by atoms with van der Waals surface area (Å²) in [7, 11) is -1.99. The van der Waals surface area contributed by atoms with E-state index in [0.29, 0.717) is 25.2 Å². The molecular formula is C12H15ClN4O2S. The summed E-state index contributed by atoms with van der Waals surface area (Å²) in [6.07, 6.45) is 2.62. The van der Waals surface area contributed by atoms with Crippen LogP contribution >= 0.6 is 11.6 Å². The minimum absolute atomic E-state index is 0.0430. The summed E-state index contributed by atoms with van der Waals surface area (Å²) in [6, 6.07) is 4.46. The van der Waals surface area contributed by atoms with Crippen molar-refractivity contribution in [3.63, 3.8) is 0 Å². The van der Waals surface area contributed by atoms with Gasteiger partial charge in [-0.3, -0.25) is 0 Å². The van der Waals surface area contributed by atoms with E-state index in [1.807, 2.05) is 6.19 Å². The molecule has 0 saturated carbocycles. The van der Waals surface area contributed by atoms with E-state index in [1.165, 1.54) is 17.0 Å². The first-order valence-electron chi connectivity index (χ1n) is 6.10. The molecule has 1 aliphatic rings. The monoisotopic (exact) mass is 314 g/mol. The molecule has 1 aromatic rings. The SMILES string of the molecule is CNc1ccc(Cl)c(S(=O)(=O)NC2CCN(C#N)C2)c1. The van der Waals surface area contributed by atoms with Crippen LogP contribution in [0.1, 0.15) is 6.42 Å². The van der Waals surface area contributed by atoms with Gasteiger partial charge < -0.3 is 10.2 Å². The van der Waals surface area contributed by atoms with Gasteiger partial charge in [-0.05, 0) is 24.6 Å². The maximum atomic E-state index is 12.3. The van der Waals surface area contributed by atoms with Gasteiger partial charge in [0.05, 0.1) is 5.02 Å². The van der Waals surface area contributed by atoms with Gasteiger partial charge in [-0.25, -0.2) is 13.1 Å². The molecule has 0 spiro atoms. The number of benzene rings is 1. The number of anilines is 1. The minimum atomic E-state index is -3.70. The van der Waals surface area contributed by atoms with E-state index in [-0.39, 0.29) is 16.0 Å². The topological polar surface area (TPSA) is 85.2 Å². The first kappa shape index (κ1) is 14.9. The second kappa shape index (κ2) is 5.87. The Bertz CT molecular complexity index is 641. The molecule has 20 heavy (non-hydrogen) atoms. The van der Waals surface area contributed by atoms with E-state index in [0.717, 1.165) is 0 Å². The van der Waals surface area contributed by atoms with E-state index in [9.17, 15) is 8.42 Å². The van der Waals surface area contributed by atoms with Crippen molar-refractivity contribution in [2.45, 2.75) is 17.4 Å². The number of sulfonamides is 1. The van der Waals surface area contributed by atoms with Gasteiger partial charge in [0.1, 0.15) is 4.90 Å². The van der Waals surface area contributed by atoms with Gasteiger partial charge in [-0.15, -0.1) is 0 Å². The van der Waals surface area contributed by atoms with Crippen molar-refractivity contribution in [2.24, 2.45) is 0 Å². The lowest BCUT2D eigenvalue weighted by molar-refractivity contribution is 0.470. The van der Waals surface area contributed by atoms with Crippen molar-refractivity contribution in [1.29, 1.82) is 5.26 Å². The lowest BCUT2D eigenvalue weighted by Crippen LogP contribution is -2.36. The van der Waals surface area contributed by atoms with Crippen molar-refractivity contribution in [2.75, 3.05) is 25.5 Å². The zero-order valence-corrected chi connectivity index (χ0v) is 12.5.